The first-order chi connectivity index (χ1) is 13.2. The van der Waals surface area contributed by atoms with Crippen molar-refractivity contribution in [3.8, 4) is 11.5 Å². The molecule has 0 atom stereocenters. The molecule has 160 valence electrons. The highest BCUT2D eigenvalue weighted by molar-refractivity contribution is 14.0. The van der Waals surface area contributed by atoms with Crippen molar-refractivity contribution in [2.24, 2.45) is 10.9 Å². The van der Waals surface area contributed by atoms with Gasteiger partial charge >= 0.3 is 0 Å². The van der Waals surface area contributed by atoms with Crippen LogP contribution in [0.25, 0.3) is 0 Å². The molecule has 3 N–H and O–H groups in total. The van der Waals surface area contributed by atoms with Gasteiger partial charge in [-0.2, -0.15) is 0 Å². The molecule has 0 aromatic heterocycles. The summed E-state index contributed by atoms with van der Waals surface area (Å²) in [7, 11) is 1.54. The molecule has 2 rings (SSSR count). The van der Waals surface area contributed by atoms with E-state index in [4.69, 9.17) is 14.2 Å². The van der Waals surface area contributed by atoms with E-state index in [1.165, 1.54) is 7.11 Å². The minimum Gasteiger partial charge on any atom is -0.504 e. The summed E-state index contributed by atoms with van der Waals surface area (Å²) >= 11 is 0. The van der Waals surface area contributed by atoms with Crippen molar-refractivity contribution in [2.75, 3.05) is 46.6 Å². The molecule has 1 heterocycles. The Balaban J connectivity index is 0.00000392. The number of halogens is 1. The molecule has 1 saturated heterocycles. The predicted molar refractivity (Wildman–Crippen MR) is 122 cm³/mol. The molecule has 1 aromatic carbocycles. The van der Waals surface area contributed by atoms with Crippen molar-refractivity contribution >= 4 is 29.9 Å². The number of benzene rings is 1. The molecule has 1 aromatic rings. The first-order valence-electron chi connectivity index (χ1n) is 9.77. The SMILES string of the molecule is CCNC(=NCc1cccc(OC)c1O)NCCCOCC1CCOCC1.I. The highest BCUT2D eigenvalue weighted by Gasteiger charge is 2.13. The van der Waals surface area contributed by atoms with Crippen LogP contribution in [0.5, 0.6) is 11.5 Å². The van der Waals surface area contributed by atoms with E-state index in [9.17, 15) is 5.11 Å². The summed E-state index contributed by atoms with van der Waals surface area (Å²) < 4.78 is 16.3. The molecule has 0 saturated carbocycles. The number of phenolic OH excluding ortho intramolecular Hbond substituents is 1. The van der Waals surface area contributed by atoms with Crippen LogP contribution in [0.4, 0.5) is 0 Å². The van der Waals surface area contributed by atoms with E-state index in [0.717, 1.165) is 70.3 Å². The zero-order valence-corrected chi connectivity index (χ0v) is 19.2. The molecule has 1 aliphatic heterocycles. The Morgan fingerprint density at radius 3 is 2.79 bits per heavy atom. The van der Waals surface area contributed by atoms with E-state index in [2.05, 4.69) is 15.6 Å². The van der Waals surface area contributed by atoms with Crippen LogP contribution >= 0.6 is 24.0 Å². The van der Waals surface area contributed by atoms with Gasteiger partial charge in [0.25, 0.3) is 0 Å². The molecule has 7 nitrogen and oxygen atoms in total. The molecule has 8 heteroatoms. The number of rotatable bonds is 10. The first-order valence-corrected chi connectivity index (χ1v) is 9.77. The second-order valence-electron chi connectivity index (χ2n) is 6.57. The third-order valence-electron chi connectivity index (χ3n) is 4.51. The third kappa shape index (κ3) is 8.83. The lowest BCUT2D eigenvalue weighted by Gasteiger charge is -2.21. The van der Waals surface area contributed by atoms with Gasteiger partial charge in [0.15, 0.2) is 17.5 Å². The van der Waals surface area contributed by atoms with E-state index in [0.29, 0.717) is 18.2 Å². The van der Waals surface area contributed by atoms with Gasteiger partial charge in [-0.3, -0.25) is 0 Å². The topological polar surface area (TPSA) is 84.3 Å². The summed E-state index contributed by atoms with van der Waals surface area (Å²) in [6.07, 6.45) is 3.12. The van der Waals surface area contributed by atoms with Gasteiger partial charge in [0.1, 0.15) is 0 Å². The van der Waals surface area contributed by atoms with Crippen molar-refractivity contribution < 1.29 is 19.3 Å². The molecule has 0 aliphatic carbocycles. The highest BCUT2D eigenvalue weighted by Crippen LogP contribution is 2.29. The van der Waals surface area contributed by atoms with Gasteiger partial charge in [0, 0.05) is 45.1 Å². The molecule has 0 amide bonds. The molecule has 0 radical (unpaired) electrons. The number of hydrogen-bond donors (Lipinski definition) is 3. The second kappa shape index (κ2) is 14.7. The normalized spacial score (nSPS) is 15.0. The summed E-state index contributed by atoms with van der Waals surface area (Å²) in [4.78, 5) is 4.54. The van der Waals surface area contributed by atoms with E-state index >= 15 is 0 Å². The zero-order chi connectivity index (χ0) is 19.3. The number of hydrogen-bond acceptors (Lipinski definition) is 5. The average molecular weight is 507 g/mol. The smallest absolute Gasteiger partial charge is 0.191 e. The summed E-state index contributed by atoms with van der Waals surface area (Å²) in [5.74, 6) is 1.97. The fourth-order valence-electron chi connectivity index (χ4n) is 2.91. The summed E-state index contributed by atoms with van der Waals surface area (Å²) in [5.41, 5.74) is 0.728. The Hall–Kier alpha value is -1.26. The lowest BCUT2D eigenvalue weighted by atomic mass is 10.0. The third-order valence-corrected chi connectivity index (χ3v) is 4.51. The summed E-state index contributed by atoms with van der Waals surface area (Å²) in [6, 6.07) is 5.42. The minimum atomic E-state index is 0. The second-order valence-corrected chi connectivity index (χ2v) is 6.57. The molecular formula is C20H34IN3O4. The van der Waals surface area contributed by atoms with E-state index in [-0.39, 0.29) is 29.7 Å². The maximum absolute atomic E-state index is 10.2. The molecule has 0 bridgehead atoms. The molecule has 0 unspecified atom stereocenters. The van der Waals surface area contributed by atoms with Gasteiger partial charge in [-0.25, -0.2) is 4.99 Å². The largest absolute Gasteiger partial charge is 0.504 e. The number of aromatic hydroxyl groups is 1. The maximum atomic E-state index is 10.2. The van der Waals surface area contributed by atoms with E-state index in [1.54, 1.807) is 6.07 Å². The van der Waals surface area contributed by atoms with Gasteiger partial charge in [0.2, 0.25) is 0 Å². The maximum Gasteiger partial charge on any atom is 0.191 e. The Kier molecular flexibility index (Phi) is 13.0. The lowest BCUT2D eigenvalue weighted by Crippen LogP contribution is -2.38. The summed E-state index contributed by atoms with van der Waals surface area (Å²) in [6.45, 7) is 7.24. The fraction of sp³-hybridized carbons (Fsp3) is 0.650. The Morgan fingerprint density at radius 1 is 1.29 bits per heavy atom. The van der Waals surface area contributed by atoms with E-state index < -0.39 is 0 Å². The zero-order valence-electron chi connectivity index (χ0n) is 16.9. The van der Waals surface area contributed by atoms with Gasteiger partial charge in [-0.05, 0) is 38.2 Å². The van der Waals surface area contributed by atoms with Gasteiger partial charge in [-0.1, -0.05) is 12.1 Å². The monoisotopic (exact) mass is 507 g/mol. The van der Waals surface area contributed by atoms with Crippen molar-refractivity contribution in [3.63, 3.8) is 0 Å². The Labute approximate surface area is 185 Å². The highest BCUT2D eigenvalue weighted by atomic mass is 127. The molecule has 0 spiro atoms. The number of para-hydroxylation sites is 1. The number of aliphatic imine (C=N–C) groups is 1. The van der Waals surface area contributed by atoms with Crippen LogP contribution in [-0.2, 0) is 16.0 Å². The standard InChI is InChI=1S/C20H33N3O4.HI/c1-3-21-20(23-14-17-6-4-7-18(25-2)19(17)24)22-10-5-11-27-15-16-8-12-26-13-9-16;/h4,6-7,16,24H,3,5,8-15H2,1-2H3,(H2,21,22,23);1H. The number of guanidine groups is 1. The van der Waals surface area contributed by atoms with Crippen LogP contribution in [-0.4, -0.2) is 57.7 Å². The van der Waals surface area contributed by atoms with Gasteiger partial charge in [0.05, 0.1) is 13.7 Å². The Bertz CT molecular complexity index is 581. The number of methoxy groups -OCH3 is 1. The van der Waals surface area contributed by atoms with Crippen LogP contribution in [0.2, 0.25) is 0 Å². The molecule has 1 aliphatic rings. The number of phenols is 1. The van der Waals surface area contributed by atoms with E-state index in [1.807, 2.05) is 19.1 Å². The molecular weight excluding hydrogens is 473 g/mol. The van der Waals surface area contributed by atoms with Crippen LogP contribution < -0.4 is 15.4 Å². The molecule has 1 fully saturated rings. The fourth-order valence-corrected chi connectivity index (χ4v) is 2.91. The van der Waals surface area contributed by atoms with Crippen LogP contribution in [0.1, 0.15) is 31.7 Å². The van der Waals surface area contributed by atoms with Crippen molar-refractivity contribution in [3.05, 3.63) is 23.8 Å². The van der Waals surface area contributed by atoms with Gasteiger partial charge < -0.3 is 30.0 Å². The number of nitrogens with zero attached hydrogens (tertiary/aromatic N) is 1. The molecule has 28 heavy (non-hydrogen) atoms. The van der Waals surface area contributed by atoms with Crippen molar-refractivity contribution in [1.82, 2.24) is 10.6 Å². The van der Waals surface area contributed by atoms with Crippen LogP contribution in [0, 0.1) is 5.92 Å². The number of nitrogens with one attached hydrogen (secondary N) is 2. The Morgan fingerprint density at radius 2 is 2.07 bits per heavy atom. The quantitative estimate of drug-likeness (QED) is 0.196. The van der Waals surface area contributed by atoms with Gasteiger partial charge in [-0.15, -0.1) is 24.0 Å². The average Bonchev–Trinajstić information content (AvgIpc) is 2.70. The van der Waals surface area contributed by atoms with Crippen LogP contribution in [0.3, 0.4) is 0 Å². The van der Waals surface area contributed by atoms with Crippen molar-refractivity contribution in [1.29, 1.82) is 0 Å². The first kappa shape index (κ1) is 24.8. The minimum absolute atomic E-state index is 0. The predicted octanol–water partition coefficient (Wildman–Crippen LogP) is 2.91. The van der Waals surface area contributed by atoms with Crippen LogP contribution in [0.15, 0.2) is 23.2 Å². The summed E-state index contributed by atoms with van der Waals surface area (Å²) in [5, 5.41) is 16.7. The lowest BCUT2D eigenvalue weighted by molar-refractivity contribution is 0.0203. The number of ether oxygens (including phenoxy) is 3. The van der Waals surface area contributed by atoms with Crippen molar-refractivity contribution in [2.45, 2.75) is 32.7 Å².